The first-order valence-electron chi connectivity index (χ1n) is 10.3. The number of methoxy groups -OCH3 is 2. The van der Waals surface area contributed by atoms with Gasteiger partial charge in [-0.1, -0.05) is 13.0 Å². The third-order valence-electron chi connectivity index (χ3n) is 6.34. The second-order valence-electron chi connectivity index (χ2n) is 7.94. The van der Waals surface area contributed by atoms with E-state index in [4.69, 9.17) is 23.7 Å². The van der Waals surface area contributed by atoms with E-state index < -0.39 is 0 Å². The molecule has 0 saturated carbocycles. The topological polar surface area (TPSA) is 49.4 Å². The van der Waals surface area contributed by atoms with Gasteiger partial charge in [-0.05, 0) is 25.0 Å². The highest BCUT2D eigenvalue weighted by Crippen LogP contribution is 2.51. The van der Waals surface area contributed by atoms with Crippen LogP contribution in [0.4, 0.5) is 0 Å². The van der Waals surface area contributed by atoms with Crippen molar-refractivity contribution in [2.45, 2.75) is 31.9 Å². The van der Waals surface area contributed by atoms with Crippen LogP contribution in [0.3, 0.4) is 0 Å². The number of ether oxygens (including phenoxy) is 5. The first kappa shape index (κ1) is 18.4. The maximum absolute atomic E-state index is 6.55. The van der Waals surface area contributed by atoms with Crippen molar-refractivity contribution in [3.63, 3.8) is 0 Å². The molecule has 154 valence electrons. The average Bonchev–Trinajstić information content (AvgIpc) is 3.43. The second-order valence-corrected chi connectivity index (χ2v) is 7.94. The standard InChI is InChI=1S/C23H27NO5/c1-14-22(16-7-6-15(25-2)10-18(16)26-3)17-11-20-21(28-13-27-20)12-19(17)29-23(14)24-8-4-5-9-24/h6-7,10-12,14,22-23H,4-5,8-9,13H2,1-3H3/t14-,22+,23+/m1/s1. The maximum atomic E-state index is 6.55. The van der Waals surface area contributed by atoms with Crippen LogP contribution in [0, 0.1) is 5.92 Å². The van der Waals surface area contributed by atoms with Gasteiger partial charge >= 0.3 is 0 Å². The molecule has 1 fully saturated rings. The van der Waals surface area contributed by atoms with E-state index >= 15 is 0 Å². The molecule has 6 heteroatoms. The molecule has 0 unspecified atom stereocenters. The van der Waals surface area contributed by atoms with Crippen molar-refractivity contribution in [3.05, 3.63) is 41.5 Å². The molecule has 3 aliphatic heterocycles. The Hall–Kier alpha value is -2.60. The molecule has 0 aliphatic carbocycles. The van der Waals surface area contributed by atoms with Crippen LogP contribution in [0.5, 0.6) is 28.7 Å². The van der Waals surface area contributed by atoms with Gasteiger partial charge in [-0.25, -0.2) is 0 Å². The maximum Gasteiger partial charge on any atom is 0.231 e. The number of rotatable bonds is 4. The second kappa shape index (κ2) is 7.34. The molecule has 0 spiro atoms. The van der Waals surface area contributed by atoms with Crippen molar-refractivity contribution in [1.82, 2.24) is 4.90 Å². The molecule has 2 aromatic carbocycles. The first-order chi connectivity index (χ1) is 14.2. The van der Waals surface area contributed by atoms with Gasteiger partial charge in [0.15, 0.2) is 17.7 Å². The zero-order valence-corrected chi connectivity index (χ0v) is 17.1. The van der Waals surface area contributed by atoms with Gasteiger partial charge in [-0.3, -0.25) is 4.90 Å². The normalized spacial score (nSPS) is 25.4. The lowest BCUT2D eigenvalue weighted by Crippen LogP contribution is -2.47. The summed E-state index contributed by atoms with van der Waals surface area (Å²) < 4.78 is 29.0. The van der Waals surface area contributed by atoms with E-state index in [1.807, 2.05) is 18.2 Å². The minimum absolute atomic E-state index is 0.0159. The van der Waals surface area contributed by atoms with Crippen LogP contribution in [0.15, 0.2) is 30.3 Å². The molecule has 1 saturated heterocycles. The fraction of sp³-hybridized carbons (Fsp3) is 0.478. The summed E-state index contributed by atoms with van der Waals surface area (Å²) in [7, 11) is 3.38. The van der Waals surface area contributed by atoms with Crippen LogP contribution < -0.4 is 23.7 Å². The smallest absolute Gasteiger partial charge is 0.231 e. The summed E-state index contributed by atoms with van der Waals surface area (Å²) in [5.74, 6) is 4.35. The summed E-state index contributed by atoms with van der Waals surface area (Å²) in [4.78, 5) is 2.46. The lowest BCUT2D eigenvalue weighted by atomic mass is 9.77. The van der Waals surface area contributed by atoms with Gasteiger partial charge < -0.3 is 23.7 Å². The minimum Gasteiger partial charge on any atom is -0.497 e. The number of nitrogens with zero attached hydrogens (tertiary/aromatic N) is 1. The minimum atomic E-state index is 0.0159. The van der Waals surface area contributed by atoms with Crippen molar-refractivity contribution in [3.8, 4) is 28.7 Å². The molecular formula is C23H27NO5. The molecule has 29 heavy (non-hydrogen) atoms. The summed E-state index contributed by atoms with van der Waals surface area (Å²) in [5, 5.41) is 0. The Bertz CT molecular complexity index is 908. The van der Waals surface area contributed by atoms with Crippen molar-refractivity contribution < 1.29 is 23.7 Å². The first-order valence-corrected chi connectivity index (χ1v) is 10.3. The Kier molecular flexibility index (Phi) is 4.66. The molecular weight excluding hydrogens is 370 g/mol. The predicted molar refractivity (Wildman–Crippen MR) is 108 cm³/mol. The highest BCUT2D eigenvalue weighted by molar-refractivity contribution is 5.58. The SMILES string of the molecule is COc1ccc([C@H]2c3cc4c(cc3O[C@H](N3CCCC3)[C@@H]2C)OCO4)c(OC)c1. The molecule has 0 bridgehead atoms. The fourth-order valence-electron chi connectivity index (χ4n) is 4.90. The zero-order valence-electron chi connectivity index (χ0n) is 17.1. The largest absolute Gasteiger partial charge is 0.497 e. The van der Waals surface area contributed by atoms with E-state index in [1.54, 1.807) is 14.2 Å². The van der Waals surface area contributed by atoms with E-state index in [1.165, 1.54) is 12.8 Å². The van der Waals surface area contributed by atoms with Gasteiger partial charge in [0.05, 0.1) is 14.2 Å². The molecule has 3 aliphatic rings. The molecule has 2 aromatic rings. The molecule has 5 rings (SSSR count). The summed E-state index contributed by atoms with van der Waals surface area (Å²) in [6.45, 7) is 4.66. The third kappa shape index (κ3) is 3.06. The van der Waals surface area contributed by atoms with E-state index in [0.717, 1.165) is 53.0 Å². The zero-order chi connectivity index (χ0) is 20.0. The molecule has 0 aromatic heterocycles. The van der Waals surface area contributed by atoms with Crippen molar-refractivity contribution in [2.24, 2.45) is 5.92 Å². The summed E-state index contributed by atoms with van der Waals surface area (Å²) in [6.07, 6.45) is 2.45. The van der Waals surface area contributed by atoms with E-state index in [9.17, 15) is 0 Å². The highest BCUT2D eigenvalue weighted by atomic mass is 16.7. The van der Waals surface area contributed by atoms with E-state index in [0.29, 0.717) is 0 Å². The number of hydrogen-bond donors (Lipinski definition) is 0. The summed E-state index contributed by atoms with van der Waals surface area (Å²) in [5.41, 5.74) is 2.24. The molecule has 3 atom stereocenters. The van der Waals surface area contributed by atoms with Crippen LogP contribution in [-0.2, 0) is 0 Å². The van der Waals surface area contributed by atoms with Crippen LogP contribution in [0.1, 0.15) is 36.8 Å². The van der Waals surface area contributed by atoms with E-state index in [-0.39, 0.29) is 24.9 Å². The Labute approximate surface area is 171 Å². The number of benzene rings is 2. The van der Waals surface area contributed by atoms with Crippen LogP contribution in [-0.4, -0.2) is 45.2 Å². The lowest BCUT2D eigenvalue weighted by molar-refractivity contribution is -0.0180. The fourth-order valence-corrected chi connectivity index (χ4v) is 4.90. The van der Waals surface area contributed by atoms with Gasteiger partial charge in [0, 0.05) is 48.2 Å². The van der Waals surface area contributed by atoms with Gasteiger partial charge in [-0.2, -0.15) is 0 Å². The monoisotopic (exact) mass is 397 g/mol. The quantitative estimate of drug-likeness (QED) is 0.777. The molecule has 0 amide bonds. The van der Waals surface area contributed by atoms with Crippen molar-refractivity contribution in [2.75, 3.05) is 34.1 Å². The van der Waals surface area contributed by atoms with Crippen molar-refractivity contribution >= 4 is 0 Å². The molecule has 0 radical (unpaired) electrons. The van der Waals surface area contributed by atoms with E-state index in [2.05, 4.69) is 24.0 Å². The Balaban J connectivity index is 1.64. The number of hydrogen-bond acceptors (Lipinski definition) is 6. The predicted octanol–water partition coefficient (Wildman–Crippen LogP) is 4.01. The number of fused-ring (bicyclic) bond motifs is 2. The van der Waals surface area contributed by atoms with Gasteiger partial charge in [0.25, 0.3) is 0 Å². The van der Waals surface area contributed by atoms with Crippen molar-refractivity contribution in [1.29, 1.82) is 0 Å². The molecule has 0 N–H and O–H groups in total. The van der Waals surface area contributed by atoms with Crippen LogP contribution in [0.2, 0.25) is 0 Å². The van der Waals surface area contributed by atoms with Gasteiger partial charge in [-0.15, -0.1) is 0 Å². The highest BCUT2D eigenvalue weighted by Gasteiger charge is 2.42. The lowest BCUT2D eigenvalue weighted by Gasteiger charge is -2.42. The third-order valence-corrected chi connectivity index (χ3v) is 6.34. The Morgan fingerprint density at radius 1 is 0.897 bits per heavy atom. The van der Waals surface area contributed by atoms with Crippen LogP contribution >= 0.6 is 0 Å². The number of likely N-dealkylation sites (tertiary alicyclic amines) is 1. The average molecular weight is 397 g/mol. The molecule has 3 heterocycles. The van der Waals surface area contributed by atoms with Crippen LogP contribution in [0.25, 0.3) is 0 Å². The Morgan fingerprint density at radius 2 is 1.66 bits per heavy atom. The van der Waals surface area contributed by atoms with Gasteiger partial charge in [0.2, 0.25) is 6.79 Å². The summed E-state index contributed by atoms with van der Waals surface area (Å²) in [6, 6.07) is 10.1. The summed E-state index contributed by atoms with van der Waals surface area (Å²) >= 11 is 0. The van der Waals surface area contributed by atoms with Gasteiger partial charge in [0.1, 0.15) is 17.2 Å². The molecule has 6 nitrogen and oxygen atoms in total. The Morgan fingerprint density at radius 3 is 2.38 bits per heavy atom.